The molecule has 10 unspecified atom stereocenters. The number of esters is 1. The van der Waals surface area contributed by atoms with E-state index in [9.17, 15) is 15.0 Å². The summed E-state index contributed by atoms with van der Waals surface area (Å²) in [6, 6.07) is 0. The van der Waals surface area contributed by atoms with Crippen LogP contribution in [0.5, 0.6) is 0 Å². The molecule has 0 saturated heterocycles. The van der Waals surface area contributed by atoms with Gasteiger partial charge in [0.25, 0.3) is 0 Å². The van der Waals surface area contributed by atoms with Gasteiger partial charge in [-0.25, -0.2) is 0 Å². The van der Waals surface area contributed by atoms with Gasteiger partial charge in [-0.2, -0.15) is 0 Å². The molecule has 0 amide bonds. The van der Waals surface area contributed by atoms with Crippen LogP contribution in [-0.2, 0) is 9.53 Å². The lowest BCUT2D eigenvalue weighted by Gasteiger charge is -2.71. The Balaban J connectivity index is 1.63. The Labute approximate surface area is 212 Å². The molecule has 5 aliphatic rings. The zero-order chi connectivity index (χ0) is 25.8. The number of aliphatic hydroxyl groups is 2. The van der Waals surface area contributed by atoms with E-state index in [0.717, 1.165) is 44.9 Å². The van der Waals surface area contributed by atoms with Crippen molar-refractivity contribution in [2.24, 2.45) is 50.7 Å². The van der Waals surface area contributed by atoms with E-state index in [1.807, 2.05) is 0 Å². The Hall–Kier alpha value is -1.13. The monoisotopic (exact) mass is 484 g/mol. The minimum Gasteiger partial charge on any atom is -0.469 e. The second kappa shape index (κ2) is 7.69. The van der Waals surface area contributed by atoms with Gasteiger partial charge in [-0.1, -0.05) is 65.3 Å². The number of carbonyl (C=O) groups excluding carboxylic acids is 1. The van der Waals surface area contributed by atoms with Crippen LogP contribution in [0.25, 0.3) is 0 Å². The highest BCUT2D eigenvalue weighted by atomic mass is 16.5. The van der Waals surface area contributed by atoms with E-state index in [1.165, 1.54) is 11.1 Å². The standard InChI is InChI=1S/C31H48O4/c1-18-11-14-31(26(34)35-8)16-15-29(6)20(24(31)19(18)2)9-10-23-28(5)17-21(32)25(33)27(3,4)22(28)12-13-30(23,29)7/h9,19,21-25,32-33H,1,10-17H2,2-8H3. The van der Waals surface area contributed by atoms with Gasteiger partial charge < -0.3 is 14.9 Å². The van der Waals surface area contributed by atoms with E-state index in [0.29, 0.717) is 18.3 Å². The highest BCUT2D eigenvalue weighted by molar-refractivity contribution is 5.79. The third kappa shape index (κ3) is 2.96. The van der Waals surface area contributed by atoms with E-state index in [-0.39, 0.29) is 39.5 Å². The molecule has 4 heteroatoms. The van der Waals surface area contributed by atoms with Crippen molar-refractivity contribution in [1.29, 1.82) is 0 Å². The number of hydrogen-bond donors (Lipinski definition) is 2. The molecule has 4 fully saturated rings. The first-order valence-electron chi connectivity index (χ1n) is 14.0. The fraction of sp³-hybridized carbons (Fsp3) is 0.839. The molecule has 0 aromatic rings. The largest absolute Gasteiger partial charge is 0.469 e. The lowest BCUT2D eigenvalue weighted by Crippen LogP contribution is -2.67. The molecule has 2 N–H and O–H groups in total. The molecule has 4 nitrogen and oxygen atoms in total. The third-order valence-corrected chi connectivity index (χ3v) is 13.1. The van der Waals surface area contributed by atoms with Crippen LogP contribution in [0.3, 0.4) is 0 Å². The molecular formula is C31H48O4. The van der Waals surface area contributed by atoms with Gasteiger partial charge in [-0.15, -0.1) is 0 Å². The van der Waals surface area contributed by atoms with Crippen molar-refractivity contribution >= 4 is 5.97 Å². The van der Waals surface area contributed by atoms with Gasteiger partial charge in [0, 0.05) is 5.92 Å². The SMILES string of the molecule is C=C1CCC2(C(=O)OC)CCC3(C)C(=CCC4C5(C)CC(O)C(O)C(C)(C)C5CCC43C)C2C1C. The number of carbonyl (C=O) groups is 1. The molecule has 0 heterocycles. The van der Waals surface area contributed by atoms with Crippen LogP contribution < -0.4 is 0 Å². The van der Waals surface area contributed by atoms with Gasteiger partial charge >= 0.3 is 5.97 Å². The molecule has 0 aromatic carbocycles. The van der Waals surface area contributed by atoms with Crippen LogP contribution >= 0.6 is 0 Å². The molecule has 4 saturated carbocycles. The first-order chi connectivity index (χ1) is 16.2. The lowest BCUT2D eigenvalue weighted by atomic mass is 9.33. The first-order valence-corrected chi connectivity index (χ1v) is 14.0. The summed E-state index contributed by atoms with van der Waals surface area (Å²) in [4.78, 5) is 13.4. The number of ether oxygens (including phenoxy) is 1. The Morgan fingerprint density at radius 2 is 1.74 bits per heavy atom. The number of fused-ring (bicyclic) bond motifs is 7. The molecule has 10 atom stereocenters. The Morgan fingerprint density at radius 3 is 2.40 bits per heavy atom. The average molecular weight is 485 g/mol. The van der Waals surface area contributed by atoms with Crippen molar-refractivity contribution in [3.05, 3.63) is 23.8 Å². The van der Waals surface area contributed by atoms with Crippen LogP contribution in [0.2, 0.25) is 0 Å². The van der Waals surface area contributed by atoms with Crippen LogP contribution in [0, 0.1) is 50.7 Å². The van der Waals surface area contributed by atoms with E-state index in [1.54, 1.807) is 7.11 Å². The van der Waals surface area contributed by atoms with Gasteiger partial charge in [-0.05, 0) is 90.8 Å². The zero-order valence-electron chi connectivity index (χ0n) is 23.1. The van der Waals surface area contributed by atoms with Crippen molar-refractivity contribution < 1.29 is 19.7 Å². The number of rotatable bonds is 1. The maximum atomic E-state index is 13.4. The van der Waals surface area contributed by atoms with Crippen LogP contribution in [0.15, 0.2) is 23.8 Å². The maximum Gasteiger partial charge on any atom is 0.312 e. The quantitative estimate of drug-likeness (QED) is 0.350. The molecule has 0 radical (unpaired) electrons. The van der Waals surface area contributed by atoms with Crippen LogP contribution in [-0.4, -0.2) is 35.5 Å². The summed E-state index contributed by atoms with van der Waals surface area (Å²) in [5.41, 5.74) is 2.08. The highest BCUT2D eigenvalue weighted by Crippen LogP contribution is 2.75. The normalized spacial score (nSPS) is 52.8. The maximum absolute atomic E-state index is 13.4. The Bertz CT molecular complexity index is 965. The average Bonchev–Trinajstić information content (AvgIpc) is 2.79. The Morgan fingerprint density at radius 1 is 1.06 bits per heavy atom. The Kier molecular flexibility index (Phi) is 5.61. The van der Waals surface area contributed by atoms with Gasteiger partial charge in [0.15, 0.2) is 0 Å². The first kappa shape index (κ1) is 25.5. The van der Waals surface area contributed by atoms with Gasteiger partial charge in [0.2, 0.25) is 0 Å². The lowest BCUT2D eigenvalue weighted by molar-refractivity contribution is -0.231. The van der Waals surface area contributed by atoms with Crippen LogP contribution in [0.1, 0.15) is 92.9 Å². The van der Waals surface area contributed by atoms with Gasteiger partial charge in [0.1, 0.15) is 0 Å². The van der Waals surface area contributed by atoms with Crippen molar-refractivity contribution in [2.75, 3.05) is 7.11 Å². The second-order valence-electron chi connectivity index (χ2n) is 14.4. The van der Waals surface area contributed by atoms with E-state index in [4.69, 9.17) is 4.74 Å². The molecular weight excluding hydrogens is 436 g/mol. The van der Waals surface area contributed by atoms with E-state index >= 15 is 0 Å². The highest BCUT2D eigenvalue weighted by Gasteiger charge is 2.70. The molecule has 196 valence electrons. The van der Waals surface area contributed by atoms with E-state index in [2.05, 4.69) is 54.2 Å². The van der Waals surface area contributed by atoms with Gasteiger partial charge in [-0.3, -0.25) is 4.79 Å². The van der Waals surface area contributed by atoms with Crippen molar-refractivity contribution in [3.63, 3.8) is 0 Å². The molecule has 0 aromatic heterocycles. The summed E-state index contributed by atoms with van der Waals surface area (Å²) >= 11 is 0. The fourth-order valence-electron chi connectivity index (χ4n) is 10.9. The van der Waals surface area contributed by atoms with Crippen molar-refractivity contribution in [2.45, 2.75) is 105 Å². The summed E-state index contributed by atoms with van der Waals surface area (Å²) in [5, 5.41) is 21.9. The predicted molar refractivity (Wildman–Crippen MR) is 138 cm³/mol. The summed E-state index contributed by atoms with van der Waals surface area (Å²) < 4.78 is 5.46. The minimum absolute atomic E-state index is 0.00310. The summed E-state index contributed by atoms with van der Waals surface area (Å²) in [7, 11) is 1.55. The number of methoxy groups -OCH3 is 1. The van der Waals surface area contributed by atoms with Gasteiger partial charge in [0.05, 0.1) is 24.7 Å². The molecule has 0 bridgehead atoms. The minimum atomic E-state index is -0.674. The van der Waals surface area contributed by atoms with E-state index < -0.39 is 17.6 Å². The smallest absolute Gasteiger partial charge is 0.312 e. The summed E-state index contributed by atoms with van der Waals surface area (Å²) in [6.45, 7) is 18.5. The fourth-order valence-corrected chi connectivity index (χ4v) is 10.9. The molecule has 5 rings (SSSR count). The molecule has 0 aliphatic heterocycles. The number of aliphatic hydroxyl groups excluding tert-OH is 2. The zero-order valence-corrected chi connectivity index (χ0v) is 23.1. The molecule has 35 heavy (non-hydrogen) atoms. The third-order valence-electron chi connectivity index (χ3n) is 13.1. The van der Waals surface area contributed by atoms with Crippen LogP contribution in [0.4, 0.5) is 0 Å². The number of allylic oxidation sites excluding steroid dienone is 3. The molecule has 5 aliphatic carbocycles. The summed E-state index contributed by atoms with van der Waals surface area (Å²) in [6.07, 6.45) is 8.68. The predicted octanol–water partition coefficient (Wildman–Crippen LogP) is 6.07. The summed E-state index contributed by atoms with van der Waals surface area (Å²) in [5.74, 6) is 1.23. The van der Waals surface area contributed by atoms with Crippen molar-refractivity contribution in [3.8, 4) is 0 Å². The van der Waals surface area contributed by atoms with Crippen molar-refractivity contribution in [1.82, 2.24) is 0 Å². The molecule has 0 spiro atoms. The topological polar surface area (TPSA) is 66.8 Å². The second-order valence-corrected chi connectivity index (χ2v) is 14.4. The number of hydrogen-bond acceptors (Lipinski definition) is 4.